The van der Waals surface area contributed by atoms with Gasteiger partial charge in [0.05, 0.1) is 11.0 Å². The van der Waals surface area contributed by atoms with Gasteiger partial charge in [-0.15, -0.1) is 0 Å². The molecule has 4 rings (SSSR count). The van der Waals surface area contributed by atoms with Crippen LogP contribution in [-0.2, 0) is 4.74 Å². The van der Waals surface area contributed by atoms with Crippen LogP contribution < -0.4 is 4.90 Å². The smallest absolute Gasteiger partial charge is 0.415 e. The number of nitrogens with zero attached hydrogens (tertiary/aromatic N) is 3. The van der Waals surface area contributed by atoms with Gasteiger partial charge in [-0.2, -0.15) is 0 Å². The van der Waals surface area contributed by atoms with E-state index in [1.165, 1.54) is 17.0 Å². The Morgan fingerprint density at radius 2 is 1.79 bits per heavy atom. The number of cyclic esters (lactones) is 1. The lowest BCUT2D eigenvalue weighted by Crippen LogP contribution is -2.41. The number of benzene rings is 2. The minimum atomic E-state index is -0.529. The van der Waals surface area contributed by atoms with Crippen LogP contribution in [0.2, 0.25) is 5.02 Å². The van der Waals surface area contributed by atoms with Crippen LogP contribution in [0, 0.1) is 10.1 Å². The molecule has 1 amide bonds. The molecule has 1 aliphatic rings. The van der Waals surface area contributed by atoms with Crippen LogP contribution in [-0.4, -0.2) is 16.0 Å². The average Bonchev–Trinajstić information content (AvgIpc) is 2.74. The van der Waals surface area contributed by atoms with E-state index >= 15 is 0 Å². The van der Waals surface area contributed by atoms with Crippen LogP contribution in [0.15, 0.2) is 73.1 Å². The minimum Gasteiger partial charge on any atom is -0.441 e. The molecule has 0 radical (unpaired) electrons. The Hall–Kier alpha value is -3.45. The number of anilines is 1. The molecule has 146 valence electrons. The van der Waals surface area contributed by atoms with E-state index < -0.39 is 17.1 Å². The summed E-state index contributed by atoms with van der Waals surface area (Å²) < 4.78 is 5.70. The third kappa shape index (κ3) is 3.90. The van der Waals surface area contributed by atoms with Gasteiger partial charge in [0, 0.05) is 41.7 Å². The van der Waals surface area contributed by atoms with Crippen molar-refractivity contribution in [1.82, 2.24) is 4.98 Å². The maximum atomic E-state index is 13.0. The third-order valence-electron chi connectivity index (χ3n) is 4.84. The van der Waals surface area contributed by atoms with Crippen LogP contribution in [0.4, 0.5) is 16.2 Å². The molecule has 7 nitrogen and oxygen atoms in total. The number of carbonyl (C=O) groups excluding carboxylic acids is 1. The van der Waals surface area contributed by atoms with Crippen molar-refractivity contribution in [2.24, 2.45) is 0 Å². The lowest BCUT2D eigenvalue weighted by molar-refractivity contribution is -0.384. The van der Waals surface area contributed by atoms with Crippen LogP contribution in [0.25, 0.3) is 0 Å². The number of pyridine rings is 1. The third-order valence-corrected chi connectivity index (χ3v) is 5.09. The Balaban J connectivity index is 1.71. The molecule has 2 unspecified atom stereocenters. The van der Waals surface area contributed by atoms with E-state index in [1.807, 2.05) is 18.2 Å². The fraction of sp³-hybridized carbons (Fsp3) is 0.143. The maximum absolute atomic E-state index is 13.0. The molecule has 1 aromatic heterocycles. The van der Waals surface area contributed by atoms with Crippen molar-refractivity contribution < 1.29 is 14.5 Å². The van der Waals surface area contributed by atoms with E-state index in [2.05, 4.69) is 4.98 Å². The fourth-order valence-electron chi connectivity index (χ4n) is 3.42. The first-order valence-corrected chi connectivity index (χ1v) is 9.30. The molecular formula is C21H16ClN3O4. The van der Waals surface area contributed by atoms with E-state index in [0.717, 1.165) is 11.1 Å². The molecule has 2 atom stereocenters. The number of non-ortho nitro benzene ring substituents is 1. The number of aromatic nitrogens is 1. The fourth-order valence-corrected chi connectivity index (χ4v) is 3.55. The molecule has 1 aliphatic heterocycles. The largest absolute Gasteiger partial charge is 0.441 e. The van der Waals surface area contributed by atoms with Crippen LogP contribution in [0.1, 0.15) is 29.7 Å². The standard InChI is InChI=1S/C21H16ClN3O4/c22-16-5-3-14(4-6-16)20-12-19(15-2-1-11-23-13-15)24(21(26)29-20)17-7-9-18(10-8-17)25(27)28/h1-11,13,19-20H,12H2. The first kappa shape index (κ1) is 18.9. The predicted octanol–water partition coefficient (Wildman–Crippen LogP) is 5.47. The van der Waals surface area contributed by atoms with Gasteiger partial charge in [-0.05, 0) is 41.5 Å². The Bertz CT molecular complexity index is 1030. The highest BCUT2D eigenvalue weighted by Gasteiger charge is 2.38. The van der Waals surface area contributed by atoms with Crippen molar-refractivity contribution in [1.29, 1.82) is 0 Å². The monoisotopic (exact) mass is 409 g/mol. The van der Waals surface area contributed by atoms with Crippen LogP contribution in [0.3, 0.4) is 0 Å². The molecular weight excluding hydrogens is 394 g/mol. The average molecular weight is 410 g/mol. The zero-order chi connectivity index (χ0) is 20.4. The van der Waals surface area contributed by atoms with Crippen molar-refractivity contribution in [3.63, 3.8) is 0 Å². The quantitative estimate of drug-likeness (QED) is 0.421. The highest BCUT2D eigenvalue weighted by atomic mass is 35.5. The topological polar surface area (TPSA) is 85.6 Å². The number of nitro groups is 1. The number of ether oxygens (including phenoxy) is 1. The summed E-state index contributed by atoms with van der Waals surface area (Å²) in [5.41, 5.74) is 2.17. The Morgan fingerprint density at radius 1 is 1.07 bits per heavy atom. The van der Waals surface area contributed by atoms with Gasteiger partial charge in [-0.3, -0.25) is 20.0 Å². The lowest BCUT2D eigenvalue weighted by Gasteiger charge is -2.39. The van der Waals surface area contributed by atoms with Gasteiger partial charge >= 0.3 is 6.09 Å². The van der Waals surface area contributed by atoms with E-state index in [-0.39, 0.29) is 11.7 Å². The Morgan fingerprint density at radius 3 is 2.41 bits per heavy atom. The van der Waals surface area contributed by atoms with Crippen LogP contribution >= 0.6 is 11.6 Å². The van der Waals surface area contributed by atoms with Crippen molar-refractivity contribution >= 4 is 29.1 Å². The van der Waals surface area contributed by atoms with E-state index in [9.17, 15) is 14.9 Å². The number of carbonyl (C=O) groups is 1. The van der Waals surface area contributed by atoms with E-state index in [1.54, 1.807) is 42.7 Å². The summed E-state index contributed by atoms with van der Waals surface area (Å²) in [6.07, 6.45) is 2.90. The molecule has 0 bridgehead atoms. The maximum Gasteiger partial charge on any atom is 0.415 e. The van der Waals surface area contributed by atoms with Gasteiger partial charge in [0.1, 0.15) is 6.10 Å². The molecule has 3 aromatic rings. The molecule has 0 aliphatic carbocycles. The first-order chi connectivity index (χ1) is 14.0. The molecule has 1 saturated heterocycles. The van der Waals surface area contributed by atoms with E-state index in [4.69, 9.17) is 16.3 Å². The van der Waals surface area contributed by atoms with Crippen molar-refractivity contribution in [3.8, 4) is 0 Å². The summed E-state index contributed by atoms with van der Waals surface area (Å²) in [5.74, 6) is 0. The summed E-state index contributed by atoms with van der Waals surface area (Å²) in [4.78, 5) is 29.1. The molecule has 2 heterocycles. The molecule has 0 saturated carbocycles. The minimum absolute atomic E-state index is 0.0453. The highest BCUT2D eigenvalue weighted by molar-refractivity contribution is 6.30. The Labute approximate surface area is 171 Å². The van der Waals surface area contributed by atoms with Gasteiger partial charge in [0.2, 0.25) is 0 Å². The first-order valence-electron chi connectivity index (χ1n) is 8.92. The number of hydrogen-bond acceptors (Lipinski definition) is 5. The second-order valence-electron chi connectivity index (χ2n) is 6.61. The zero-order valence-electron chi connectivity index (χ0n) is 15.1. The SMILES string of the molecule is O=C1OC(c2ccc(Cl)cc2)CC(c2cccnc2)N1c1ccc([N+](=O)[O-])cc1. The summed E-state index contributed by atoms with van der Waals surface area (Å²) >= 11 is 5.97. The van der Waals surface area contributed by atoms with Crippen LogP contribution in [0.5, 0.6) is 0 Å². The number of halogens is 1. The second-order valence-corrected chi connectivity index (χ2v) is 7.04. The summed E-state index contributed by atoms with van der Waals surface area (Å²) in [6.45, 7) is 0. The van der Waals surface area contributed by atoms with Gasteiger partial charge in [-0.25, -0.2) is 4.79 Å². The van der Waals surface area contributed by atoms with E-state index in [0.29, 0.717) is 17.1 Å². The number of amides is 1. The normalized spacial score (nSPS) is 18.9. The number of hydrogen-bond donors (Lipinski definition) is 0. The molecule has 0 N–H and O–H groups in total. The van der Waals surface area contributed by atoms with Crippen molar-refractivity contribution in [2.75, 3.05) is 4.90 Å². The lowest BCUT2D eigenvalue weighted by atomic mass is 9.94. The number of nitro benzene ring substituents is 1. The van der Waals surface area contributed by atoms with Gasteiger partial charge < -0.3 is 4.74 Å². The van der Waals surface area contributed by atoms with Crippen molar-refractivity contribution in [3.05, 3.63) is 99.3 Å². The predicted molar refractivity (Wildman–Crippen MR) is 108 cm³/mol. The zero-order valence-corrected chi connectivity index (χ0v) is 15.9. The molecule has 0 spiro atoms. The molecule has 2 aromatic carbocycles. The summed E-state index contributed by atoms with van der Waals surface area (Å²) in [7, 11) is 0. The molecule has 1 fully saturated rings. The summed E-state index contributed by atoms with van der Waals surface area (Å²) in [6, 6.07) is 16.4. The molecule has 8 heteroatoms. The second kappa shape index (κ2) is 7.89. The Kier molecular flexibility index (Phi) is 5.14. The number of rotatable bonds is 4. The van der Waals surface area contributed by atoms with Gasteiger partial charge in [-0.1, -0.05) is 29.8 Å². The van der Waals surface area contributed by atoms with Crippen molar-refractivity contribution in [2.45, 2.75) is 18.6 Å². The highest BCUT2D eigenvalue weighted by Crippen LogP contribution is 2.41. The molecule has 29 heavy (non-hydrogen) atoms. The van der Waals surface area contributed by atoms with Gasteiger partial charge in [0.15, 0.2) is 0 Å². The van der Waals surface area contributed by atoms with Gasteiger partial charge in [0.25, 0.3) is 5.69 Å². The summed E-state index contributed by atoms with van der Waals surface area (Å²) in [5, 5.41) is 11.5.